The van der Waals surface area contributed by atoms with Gasteiger partial charge in [-0.2, -0.15) is 0 Å². The molecule has 3 aromatic carbocycles. The summed E-state index contributed by atoms with van der Waals surface area (Å²) in [5, 5.41) is 36.8. The Balaban J connectivity index is 0.000000203. The Labute approximate surface area is 636 Å². The molecule has 3 fully saturated rings. The van der Waals surface area contributed by atoms with Crippen molar-refractivity contribution in [1.29, 1.82) is 0 Å². The van der Waals surface area contributed by atoms with Gasteiger partial charge >= 0.3 is 18.3 Å². The van der Waals surface area contributed by atoms with Crippen molar-refractivity contribution < 1.29 is 72.5 Å². The number of hydrogen-bond acceptors (Lipinski definition) is 24. The standard InChI is InChI=1S/2C24H29ClN4O5.C13H13BrClNO3.C11H17N3O2.2CH4/c2*1-14(30)19-13-28(9-10-33-19)15-5-8-20(26-11-15)27-18-7-6-17(25)16-12-29(22(31)21(16)18)23(32)34-24(2,3)4;1-13(2,3)19-12(18)16-6-7-9(15)5-4-8(14)10(7)11(16)17;1-8(15)10-7-14(4-5-16-10)9-2-3-11(12)13-6-9;;/h2*5-8,11,14,19,30H,9-10,12-13H2,1-4H3,(H,26,27);4-5H,6H2,1-3H3;2-3,6,8,10,15H,4-5,7H2,1H3,(H2,12,13);2*1H4. The van der Waals surface area contributed by atoms with Gasteiger partial charge in [0.05, 0.1) is 121 Å². The van der Waals surface area contributed by atoms with E-state index in [0.29, 0.717) is 134 Å². The van der Waals surface area contributed by atoms with E-state index in [-0.39, 0.29) is 52.8 Å². The third kappa shape index (κ3) is 21.6. The molecule has 6 aliphatic heterocycles. The third-order valence-electron chi connectivity index (χ3n) is 16.7. The van der Waals surface area contributed by atoms with Crippen molar-refractivity contribution in [3.05, 3.63) is 144 Å². The minimum absolute atomic E-state index is 0. The molecule has 27 nitrogen and oxygen atoms in total. The topological polar surface area (TPSA) is 327 Å². The number of nitrogen functional groups attached to an aromatic ring is 1. The van der Waals surface area contributed by atoms with Gasteiger partial charge in [0.2, 0.25) is 0 Å². The van der Waals surface area contributed by atoms with Crippen molar-refractivity contribution >= 4 is 133 Å². The molecule has 31 heteroatoms. The second-order valence-corrected chi connectivity index (χ2v) is 30.3. The lowest BCUT2D eigenvalue weighted by atomic mass is 10.1. The van der Waals surface area contributed by atoms with Crippen LogP contribution in [0.15, 0.2) is 95.9 Å². The van der Waals surface area contributed by atoms with E-state index in [1.54, 1.807) is 144 Å². The highest BCUT2D eigenvalue weighted by Crippen LogP contribution is 2.40. The average molecular weight is 1580 g/mol. The van der Waals surface area contributed by atoms with Crippen LogP contribution in [0.2, 0.25) is 15.1 Å². The molecule has 570 valence electrons. The summed E-state index contributed by atoms with van der Waals surface area (Å²) in [6.07, 6.45) is 0.952. The van der Waals surface area contributed by atoms with Crippen LogP contribution in [0.4, 0.5) is 60.3 Å². The number of nitrogens with zero attached hydrogens (tertiary/aromatic N) is 9. The molecule has 0 radical (unpaired) electrons. The lowest BCUT2D eigenvalue weighted by Gasteiger charge is -2.35. The number of carbonyl (C=O) groups is 6. The number of benzene rings is 3. The van der Waals surface area contributed by atoms with Gasteiger partial charge in [-0.1, -0.05) is 49.7 Å². The number of amides is 6. The largest absolute Gasteiger partial charge is 0.443 e. The van der Waals surface area contributed by atoms with Gasteiger partial charge in [0.1, 0.15) is 52.6 Å². The smallest absolute Gasteiger partial charge is 0.417 e. The van der Waals surface area contributed by atoms with E-state index in [9.17, 15) is 44.1 Å². The summed E-state index contributed by atoms with van der Waals surface area (Å²) >= 11 is 22.1. The monoisotopic (exact) mass is 1580 g/mol. The van der Waals surface area contributed by atoms with E-state index in [1.165, 1.54) is 0 Å². The number of morpholine rings is 3. The second-order valence-electron chi connectivity index (χ2n) is 28.2. The van der Waals surface area contributed by atoms with E-state index >= 15 is 0 Å². The van der Waals surface area contributed by atoms with Gasteiger partial charge in [0.15, 0.2) is 0 Å². The van der Waals surface area contributed by atoms with Crippen LogP contribution in [0.3, 0.4) is 0 Å². The molecule has 12 rings (SSSR count). The first-order valence-corrected chi connectivity index (χ1v) is 35.4. The number of aromatic nitrogens is 3. The van der Waals surface area contributed by atoms with E-state index in [0.717, 1.165) is 38.3 Å². The number of aliphatic hydroxyl groups is 3. The minimum Gasteiger partial charge on any atom is -0.443 e. The lowest BCUT2D eigenvalue weighted by Crippen LogP contribution is -2.47. The predicted molar refractivity (Wildman–Crippen MR) is 408 cm³/mol. The van der Waals surface area contributed by atoms with E-state index < -0.39 is 71.1 Å². The van der Waals surface area contributed by atoms with Gasteiger partial charge in [-0.05, 0) is 172 Å². The molecule has 6 unspecified atom stereocenters. The zero-order valence-electron chi connectivity index (χ0n) is 59.5. The number of ether oxygens (including phenoxy) is 6. The van der Waals surface area contributed by atoms with Crippen molar-refractivity contribution in [1.82, 2.24) is 29.7 Å². The maximum atomic E-state index is 13.1. The Morgan fingerprint density at radius 3 is 1.09 bits per heavy atom. The fourth-order valence-corrected chi connectivity index (χ4v) is 12.7. The fourth-order valence-electron chi connectivity index (χ4n) is 11.5. The van der Waals surface area contributed by atoms with E-state index in [4.69, 9.17) is 69.0 Å². The molecule has 6 amide bonds. The molecule has 0 aliphatic carbocycles. The molecule has 6 atom stereocenters. The number of carbonyl (C=O) groups excluding carboxylic acids is 6. The first-order valence-electron chi connectivity index (χ1n) is 33.5. The number of pyridine rings is 3. The summed E-state index contributed by atoms with van der Waals surface area (Å²) in [5.41, 5.74) is 10.2. The van der Waals surface area contributed by atoms with Gasteiger partial charge in [-0.25, -0.2) is 44.0 Å². The van der Waals surface area contributed by atoms with Gasteiger partial charge in [0.25, 0.3) is 17.7 Å². The highest BCUT2D eigenvalue weighted by atomic mass is 79.9. The minimum atomic E-state index is -0.724. The number of imide groups is 3. The number of nitrogens with two attached hydrogens (primary N) is 1. The molecular weight excluding hydrogens is 1480 g/mol. The Bertz CT molecular complexity index is 3890. The maximum absolute atomic E-state index is 13.1. The summed E-state index contributed by atoms with van der Waals surface area (Å²) in [4.78, 5) is 98.1. The second kappa shape index (κ2) is 35.5. The van der Waals surface area contributed by atoms with E-state index in [2.05, 4.69) is 56.2 Å². The molecule has 9 heterocycles. The molecule has 3 aromatic heterocycles. The molecule has 105 heavy (non-hydrogen) atoms. The number of fused-ring (bicyclic) bond motifs is 3. The number of aliphatic hydroxyl groups excluding tert-OH is 3. The lowest BCUT2D eigenvalue weighted by molar-refractivity contribution is -0.0364. The average Bonchev–Trinajstić information content (AvgIpc) is 1.66. The van der Waals surface area contributed by atoms with Crippen LogP contribution in [-0.2, 0) is 48.1 Å². The third-order valence-corrected chi connectivity index (χ3v) is 18.4. The number of anilines is 8. The number of nitrogens with one attached hydrogen (secondary N) is 2. The number of rotatable bonds is 10. The van der Waals surface area contributed by atoms with Crippen molar-refractivity contribution in [3.63, 3.8) is 0 Å². The Morgan fingerprint density at radius 1 is 0.495 bits per heavy atom. The molecular formula is C74H96BrCl3N12O15. The zero-order valence-corrected chi connectivity index (χ0v) is 63.3. The van der Waals surface area contributed by atoms with Crippen LogP contribution in [0.5, 0.6) is 0 Å². The van der Waals surface area contributed by atoms with Crippen molar-refractivity contribution in [3.8, 4) is 0 Å². The quantitative estimate of drug-likeness (QED) is 0.0694. The molecule has 0 saturated carbocycles. The summed E-state index contributed by atoms with van der Waals surface area (Å²) in [5.74, 6) is 0.267. The Hall–Kier alpha value is -8.16. The summed E-state index contributed by atoms with van der Waals surface area (Å²) in [6.45, 7) is 26.9. The summed E-state index contributed by atoms with van der Waals surface area (Å²) < 4.78 is 33.3. The maximum Gasteiger partial charge on any atom is 0.417 e. The first kappa shape index (κ1) is 84.1. The molecule has 7 N–H and O–H groups in total. The van der Waals surface area contributed by atoms with Crippen molar-refractivity contribution in [2.75, 3.05) is 90.2 Å². The Morgan fingerprint density at radius 2 is 0.800 bits per heavy atom. The first-order chi connectivity index (χ1) is 48.4. The highest BCUT2D eigenvalue weighted by Gasteiger charge is 2.42. The van der Waals surface area contributed by atoms with Gasteiger partial charge in [0, 0.05) is 75.5 Å². The summed E-state index contributed by atoms with van der Waals surface area (Å²) in [6, 6.07) is 21.3. The van der Waals surface area contributed by atoms with Crippen LogP contribution in [-0.4, -0.2) is 193 Å². The fraction of sp³-hybridized carbons (Fsp3) is 0.473. The van der Waals surface area contributed by atoms with Gasteiger partial charge < -0.3 is 74.8 Å². The van der Waals surface area contributed by atoms with E-state index in [1.807, 2.05) is 30.3 Å². The normalized spacial score (nSPS) is 18.5. The molecule has 3 saturated heterocycles. The van der Waals surface area contributed by atoms with Crippen LogP contribution in [0.1, 0.15) is 146 Å². The number of hydrogen-bond donors (Lipinski definition) is 6. The molecule has 0 bridgehead atoms. The van der Waals surface area contributed by atoms with Crippen LogP contribution in [0, 0.1) is 0 Å². The zero-order chi connectivity index (χ0) is 75.2. The van der Waals surface area contributed by atoms with Crippen molar-refractivity contribution in [2.45, 2.75) is 171 Å². The van der Waals surface area contributed by atoms with Gasteiger partial charge in [-0.3, -0.25) is 14.4 Å². The molecule has 6 aromatic rings. The van der Waals surface area contributed by atoms with Crippen LogP contribution >= 0.6 is 50.7 Å². The van der Waals surface area contributed by atoms with Crippen LogP contribution < -0.4 is 31.1 Å². The van der Waals surface area contributed by atoms with Crippen LogP contribution in [0.25, 0.3) is 0 Å². The predicted octanol–water partition coefficient (Wildman–Crippen LogP) is 13.4. The van der Waals surface area contributed by atoms with Crippen molar-refractivity contribution in [2.24, 2.45) is 0 Å². The molecule has 0 spiro atoms. The molecule has 6 aliphatic rings. The Kier molecular flexibility index (Phi) is 28.4. The SMILES string of the molecule is C.C.CC(C)(C)OC(=O)N1Cc2c(Cl)ccc(Br)c2C1=O.CC(O)C1CN(c2ccc(N)nc2)CCO1.CC(O)C1CN(c2ccc(Nc3ccc(Cl)c4c3C(=O)N(C(=O)OC(C)(C)C)C4)nc2)CCO1.CC(O)C1CN(c2ccc(Nc3ccc(Cl)c4c3C(=O)N(C(=O)OC(C)(C)C)C4)nc2)CCO1. The van der Waals surface area contributed by atoms with Gasteiger partial charge in [-0.15, -0.1) is 0 Å². The summed E-state index contributed by atoms with van der Waals surface area (Å²) in [7, 11) is 0. The highest BCUT2D eigenvalue weighted by molar-refractivity contribution is 9.10. The number of halogens is 4.